The highest BCUT2D eigenvalue weighted by Crippen LogP contribution is 2.26. The van der Waals surface area contributed by atoms with E-state index < -0.39 is 11.9 Å². The maximum Gasteiger partial charge on any atom is 0.308 e. The lowest BCUT2D eigenvalue weighted by Gasteiger charge is -2.23. The first-order valence-electron chi connectivity index (χ1n) is 6.74. The molecule has 5 heteroatoms. The molecular formula is C16H17NO4. The zero-order valence-electron chi connectivity index (χ0n) is 11.8. The van der Waals surface area contributed by atoms with Crippen LogP contribution in [0.15, 0.2) is 24.3 Å². The number of hydrogen-bond donors (Lipinski definition) is 1. The van der Waals surface area contributed by atoms with Crippen molar-refractivity contribution in [2.75, 3.05) is 13.2 Å². The van der Waals surface area contributed by atoms with E-state index in [4.69, 9.17) is 16.3 Å². The third kappa shape index (κ3) is 3.16. The van der Waals surface area contributed by atoms with Gasteiger partial charge in [0.05, 0.1) is 5.92 Å². The molecule has 1 aliphatic heterocycles. The molecule has 0 radical (unpaired) electrons. The van der Waals surface area contributed by atoms with Crippen molar-refractivity contribution >= 4 is 11.9 Å². The Labute approximate surface area is 123 Å². The van der Waals surface area contributed by atoms with Crippen molar-refractivity contribution < 1.29 is 19.4 Å². The van der Waals surface area contributed by atoms with Crippen LogP contribution in [0.25, 0.3) is 0 Å². The van der Waals surface area contributed by atoms with E-state index >= 15 is 0 Å². The van der Waals surface area contributed by atoms with Gasteiger partial charge in [0, 0.05) is 18.2 Å². The fourth-order valence-corrected chi connectivity index (χ4v) is 2.54. The van der Waals surface area contributed by atoms with Crippen LogP contribution < -0.4 is 4.74 Å². The largest absolute Gasteiger partial charge is 0.481 e. The van der Waals surface area contributed by atoms with Gasteiger partial charge in [-0.15, -0.1) is 6.42 Å². The second-order valence-electron chi connectivity index (χ2n) is 4.99. The van der Waals surface area contributed by atoms with Gasteiger partial charge in [-0.1, -0.05) is 5.92 Å². The molecule has 1 N–H and O–H groups in total. The van der Waals surface area contributed by atoms with Crippen molar-refractivity contribution in [2.45, 2.75) is 19.4 Å². The molecule has 5 nitrogen and oxygen atoms in total. The molecule has 0 aliphatic carbocycles. The average Bonchev–Trinajstić information content (AvgIpc) is 2.87. The zero-order valence-corrected chi connectivity index (χ0v) is 11.8. The number of carboxylic acid groups (broad SMARTS) is 1. The summed E-state index contributed by atoms with van der Waals surface area (Å²) in [4.78, 5) is 25.1. The molecule has 1 aliphatic rings. The molecule has 1 heterocycles. The quantitative estimate of drug-likeness (QED) is 0.855. The third-order valence-electron chi connectivity index (χ3n) is 3.76. The molecule has 1 aromatic carbocycles. The van der Waals surface area contributed by atoms with E-state index in [1.165, 1.54) is 0 Å². The molecule has 1 saturated heterocycles. The fraction of sp³-hybridized carbons (Fsp3) is 0.375. The number of nitrogens with zero attached hydrogens (tertiary/aromatic N) is 1. The van der Waals surface area contributed by atoms with Gasteiger partial charge in [-0.25, -0.2) is 0 Å². The molecule has 0 bridgehead atoms. The van der Waals surface area contributed by atoms with Crippen LogP contribution in [0.5, 0.6) is 5.75 Å². The van der Waals surface area contributed by atoms with Crippen molar-refractivity contribution in [1.29, 1.82) is 0 Å². The van der Waals surface area contributed by atoms with Crippen molar-refractivity contribution in [3.8, 4) is 18.1 Å². The Bertz CT molecular complexity index is 573. The molecule has 1 fully saturated rings. The number of hydrogen-bond acceptors (Lipinski definition) is 3. The molecule has 2 rings (SSSR count). The van der Waals surface area contributed by atoms with Gasteiger partial charge >= 0.3 is 5.97 Å². The highest BCUT2D eigenvalue weighted by atomic mass is 16.5. The molecule has 21 heavy (non-hydrogen) atoms. The Morgan fingerprint density at radius 2 is 2.10 bits per heavy atom. The van der Waals surface area contributed by atoms with E-state index in [9.17, 15) is 9.59 Å². The maximum absolute atomic E-state index is 12.4. The molecule has 110 valence electrons. The predicted octanol–water partition coefficient (Wildman–Crippen LogP) is 1.63. The molecule has 1 aromatic rings. The van der Waals surface area contributed by atoms with Crippen molar-refractivity contribution in [2.24, 2.45) is 5.92 Å². The van der Waals surface area contributed by atoms with Gasteiger partial charge in [0.15, 0.2) is 0 Å². The summed E-state index contributed by atoms with van der Waals surface area (Å²) in [5, 5.41) is 9.10. The first-order chi connectivity index (χ1) is 10.0. The van der Waals surface area contributed by atoms with Gasteiger partial charge in [0.25, 0.3) is 5.91 Å². The van der Waals surface area contributed by atoms with E-state index in [0.717, 1.165) is 0 Å². The number of carbonyl (C=O) groups excluding carboxylic acids is 1. The smallest absolute Gasteiger partial charge is 0.308 e. The number of benzene rings is 1. The molecule has 1 amide bonds. The molecule has 0 saturated carbocycles. The van der Waals surface area contributed by atoms with E-state index in [1.54, 1.807) is 36.1 Å². The number of ether oxygens (including phenoxy) is 1. The van der Waals surface area contributed by atoms with Gasteiger partial charge in [-0.2, -0.15) is 0 Å². The lowest BCUT2D eigenvalue weighted by atomic mass is 10.0. The van der Waals surface area contributed by atoms with Crippen LogP contribution in [-0.2, 0) is 4.79 Å². The van der Waals surface area contributed by atoms with Crippen molar-refractivity contribution in [3.63, 3.8) is 0 Å². The molecule has 0 spiro atoms. The minimum atomic E-state index is -0.851. The van der Waals surface area contributed by atoms with Crippen LogP contribution in [-0.4, -0.2) is 41.1 Å². The number of carboxylic acids is 1. The monoisotopic (exact) mass is 287 g/mol. The number of rotatable bonds is 4. The van der Waals surface area contributed by atoms with Crippen molar-refractivity contribution in [1.82, 2.24) is 4.90 Å². The van der Waals surface area contributed by atoms with Crippen LogP contribution in [0.4, 0.5) is 0 Å². The Balaban J connectivity index is 2.07. The number of aliphatic carboxylic acids is 1. The Kier molecular flexibility index (Phi) is 4.49. The molecule has 2 unspecified atom stereocenters. The van der Waals surface area contributed by atoms with Crippen LogP contribution in [0.3, 0.4) is 0 Å². The summed E-state index contributed by atoms with van der Waals surface area (Å²) in [5.41, 5.74) is 0.515. The third-order valence-corrected chi connectivity index (χ3v) is 3.76. The summed E-state index contributed by atoms with van der Waals surface area (Å²) >= 11 is 0. The second kappa shape index (κ2) is 6.31. The highest BCUT2D eigenvalue weighted by molar-refractivity contribution is 5.95. The van der Waals surface area contributed by atoms with Crippen molar-refractivity contribution in [3.05, 3.63) is 29.8 Å². The first-order valence-corrected chi connectivity index (χ1v) is 6.74. The minimum Gasteiger partial charge on any atom is -0.481 e. The van der Waals surface area contributed by atoms with Gasteiger partial charge in [0.2, 0.25) is 0 Å². The Morgan fingerprint density at radius 1 is 1.43 bits per heavy atom. The summed E-state index contributed by atoms with van der Waals surface area (Å²) in [6.07, 6.45) is 5.60. The Hall–Kier alpha value is -2.48. The maximum atomic E-state index is 12.4. The summed E-state index contributed by atoms with van der Waals surface area (Å²) < 4.78 is 5.25. The van der Waals surface area contributed by atoms with Gasteiger partial charge in [0.1, 0.15) is 12.4 Å². The molecule has 0 aromatic heterocycles. The summed E-state index contributed by atoms with van der Waals surface area (Å²) in [7, 11) is 0. The van der Waals surface area contributed by atoms with E-state index in [0.29, 0.717) is 24.3 Å². The second-order valence-corrected chi connectivity index (χ2v) is 4.99. The van der Waals surface area contributed by atoms with Crippen LogP contribution >= 0.6 is 0 Å². The van der Waals surface area contributed by atoms with Gasteiger partial charge < -0.3 is 14.7 Å². The topological polar surface area (TPSA) is 66.8 Å². The van der Waals surface area contributed by atoms with Crippen LogP contribution in [0, 0.1) is 18.3 Å². The summed E-state index contributed by atoms with van der Waals surface area (Å²) in [6.45, 7) is 2.41. The zero-order chi connectivity index (χ0) is 15.4. The van der Waals surface area contributed by atoms with E-state index in [2.05, 4.69) is 5.92 Å². The fourth-order valence-electron chi connectivity index (χ4n) is 2.54. The molecule has 2 atom stereocenters. The lowest BCUT2D eigenvalue weighted by molar-refractivity contribution is -0.142. The van der Waals surface area contributed by atoms with Crippen LogP contribution in [0.2, 0.25) is 0 Å². The van der Waals surface area contributed by atoms with Gasteiger partial charge in [-0.05, 0) is 37.6 Å². The Morgan fingerprint density at radius 3 is 2.62 bits per heavy atom. The summed E-state index contributed by atoms with van der Waals surface area (Å²) in [6, 6.07) is 6.39. The van der Waals surface area contributed by atoms with E-state index in [1.807, 2.05) is 0 Å². The number of carbonyl (C=O) groups is 2. The number of terminal acetylenes is 1. The number of likely N-dealkylation sites (tertiary alicyclic amines) is 1. The normalized spacial score (nSPS) is 20.9. The SMILES string of the molecule is C#CCOc1ccc(C(=O)N2CCC(C(=O)O)C2C)cc1. The number of amides is 1. The highest BCUT2D eigenvalue weighted by Gasteiger charge is 2.38. The average molecular weight is 287 g/mol. The summed E-state index contributed by atoms with van der Waals surface area (Å²) in [5.74, 6) is 1.46. The lowest BCUT2D eigenvalue weighted by Crippen LogP contribution is -2.37. The minimum absolute atomic E-state index is 0.158. The first kappa shape index (κ1) is 14.9. The standard InChI is InChI=1S/C16H17NO4/c1-3-10-21-13-6-4-12(5-7-13)15(18)17-9-8-14(11(17)2)16(19)20/h1,4-7,11,14H,8-10H2,2H3,(H,19,20). The van der Waals surface area contributed by atoms with Gasteiger partial charge in [-0.3, -0.25) is 9.59 Å². The van der Waals surface area contributed by atoms with Crippen LogP contribution in [0.1, 0.15) is 23.7 Å². The predicted molar refractivity (Wildman–Crippen MR) is 77.0 cm³/mol. The van der Waals surface area contributed by atoms with E-state index in [-0.39, 0.29) is 18.6 Å². The molecular weight excluding hydrogens is 270 g/mol.